The Balaban J connectivity index is 2.18. The first-order chi connectivity index (χ1) is 8.56. The molecule has 0 fully saturated rings. The molecule has 1 heterocycles. The molecule has 94 valence electrons. The van der Waals surface area contributed by atoms with Crippen LogP contribution in [0.2, 0.25) is 0 Å². The Hall–Kier alpha value is -1.74. The number of pyridine rings is 1. The van der Waals surface area contributed by atoms with Gasteiger partial charge in [0.05, 0.1) is 11.8 Å². The third kappa shape index (κ3) is 2.93. The molecule has 0 spiro atoms. The van der Waals surface area contributed by atoms with Gasteiger partial charge in [-0.15, -0.1) is 0 Å². The van der Waals surface area contributed by atoms with Crippen LogP contribution in [0.3, 0.4) is 0 Å². The van der Waals surface area contributed by atoms with Crippen molar-refractivity contribution in [2.45, 2.75) is 26.4 Å². The SMILES string of the molecule is Cc1ccc(C(O)Cc2cc(F)ccc2C)nc1. The first kappa shape index (κ1) is 12.7. The van der Waals surface area contributed by atoms with E-state index in [1.54, 1.807) is 18.3 Å². The Morgan fingerprint density at radius 2 is 2.00 bits per heavy atom. The highest BCUT2D eigenvalue weighted by atomic mass is 19.1. The predicted octanol–water partition coefficient (Wildman–Crippen LogP) is 3.11. The van der Waals surface area contributed by atoms with Crippen LogP contribution in [0, 0.1) is 19.7 Å². The van der Waals surface area contributed by atoms with Crippen LogP contribution in [0.5, 0.6) is 0 Å². The number of aliphatic hydroxyl groups is 1. The summed E-state index contributed by atoms with van der Waals surface area (Å²) in [4.78, 5) is 4.18. The zero-order chi connectivity index (χ0) is 13.1. The van der Waals surface area contributed by atoms with Crippen LogP contribution in [-0.4, -0.2) is 10.1 Å². The van der Waals surface area contributed by atoms with Gasteiger partial charge in [0, 0.05) is 12.6 Å². The number of halogens is 1. The molecule has 0 bridgehead atoms. The molecule has 0 saturated heterocycles. The minimum absolute atomic E-state index is 0.278. The van der Waals surface area contributed by atoms with Gasteiger partial charge in [-0.3, -0.25) is 4.98 Å². The molecule has 18 heavy (non-hydrogen) atoms. The van der Waals surface area contributed by atoms with E-state index in [4.69, 9.17) is 0 Å². The van der Waals surface area contributed by atoms with Crippen molar-refractivity contribution in [3.8, 4) is 0 Å². The van der Waals surface area contributed by atoms with Gasteiger partial charge in [-0.2, -0.15) is 0 Å². The highest BCUT2D eigenvalue weighted by Crippen LogP contribution is 2.19. The van der Waals surface area contributed by atoms with Gasteiger partial charge in [0.25, 0.3) is 0 Å². The smallest absolute Gasteiger partial charge is 0.123 e. The summed E-state index contributed by atoms with van der Waals surface area (Å²) >= 11 is 0. The van der Waals surface area contributed by atoms with Gasteiger partial charge in [0.1, 0.15) is 5.82 Å². The zero-order valence-corrected chi connectivity index (χ0v) is 10.5. The van der Waals surface area contributed by atoms with Crippen molar-refractivity contribution in [3.05, 3.63) is 64.7 Å². The first-order valence-electron chi connectivity index (χ1n) is 5.92. The van der Waals surface area contributed by atoms with Gasteiger partial charge in [0.15, 0.2) is 0 Å². The van der Waals surface area contributed by atoms with E-state index >= 15 is 0 Å². The van der Waals surface area contributed by atoms with E-state index in [0.29, 0.717) is 12.1 Å². The third-order valence-corrected chi connectivity index (χ3v) is 3.00. The second kappa shape index (κ2) is 5.27. The third-order valence-electron chi connectivity index (χ3n) is 3.00. The molecule has 2 rings (SSSR count). The number of hydrogen-bond donors (Lipinski definition) is 1. The molecule has 0 aliphatic heterocycles. The molecule has 1 N–H and O–H groups in total. The quantitative estimate of drug-likeness (QED) is 0.901. The summed E-state index contributed by atoms with van der Waals surface area (Å²) in [5.41, 5.74) is 3.45. The Morgan fingerprint density at radius 1 is 1.22 bits per heavy atom. The largest absolute Gasteiger partial charge is 0.386 e. The van der Waals surface area contributed by atoms with Gasteiger partial charge in [-0.1, -0.05) is 12.1 Å². The lowest BCUT2D eigenvalue weighted by Crippen LogP contribution is -2.05. The lowest BCUT2D eigenvalue weighted by atomic mass is 10.0. The molecule has 0 amide bonds. The molecule has 3 heteroatoms. The van der Waals surface area contributed by atoms with Crippen LogP contribution in [0.25, 0.3) is 0 Å². The first-order valence-corrected chi connectivity index (χ1v) is 5.92. The number of benzene rings is 1. The normalized spacial score (nSPS) is 12.4. The Morgan fingerprint density at radius 3 is 2.67 bits per heavy atom. The average Bonchev–Trinajstić information content (AvgIpc) is 2.34. The molecule has 1 unspecified atom stereocenters. The van der Waals surface area contributed by atoms with Crippen molar-refractivity contribution >= 4 is 0 Å². The zero-order valence-electron chi connectivity index (χ0n) is 10.5. The fraction of sp³-hybridized carbons (Fsp3) is 0.267. The maximum absolute atomic E-state index is 13.2. The molecule has 1 atom stereocenters. The molecule has 1 aromatic carbocycles. The molecule has 2 aromatic rings. The van der Waals surface area contributed by atoms with Crippen LogP contribution in [-0.2, 0) is 6.42 Å². The van der Waals surface area contributed by atoms with Gasteiger partial charge in [-0.25, -0.2) is 4.39 Å². The molecular formula is C15H16FNO. The van der Waals surface area contributed by atoms with Crippen molar-refractivity contribution in [2.24, 2.45) is 0 Å². The van der Waals surface area contributed by atoms with Gasteiger partial charge >= 0.3 is 0 Å². The van der Waals surface area contributed by atoms with Gasteiger partial charge in [0.2, 0.25) is 0 Å². The summed E-state index contributed by atoms with van der Waals surface area (Å²) in [6, 6.07) is 8.32. The number of hydrogen-bond acceptors (Lipinski definition) is 2. The fourth-order valence-corrected chi connectivity index (χ4v) is 1.85. The monoisotopic (exact) mass is 245 g/mol. The van der Waals surface area contributed by atoms with Crippen LogP contribution >= 0.6 is 0 Å². The second-order valence-corrected chi connectivity index (χ2v) is 4.55. The summed E-state index contributed by atoms with van der Waals surface area (Å²) in [5.74, 6) is -0.278. The van der Waals surface area contributed by atoms with Crippen LogP contribution in [0.1, 0.15) is 28.5 Å². The minimum atomic E-state index is -0.703. The molecule has 0 aliphatic carbocycles. The number of nitrogens with zero attached hydrogens (tertiary/aromatic N) is 1. The standard InChI is InChI=1S/C15H16FNO/c1-10-3-6-14(17-9-10)15(18)8-12-7-13(16)5-4-11(12)2/h3-7,9,15,18H,8H2,1-2H3. The topological polar surface area (TPSA) is 33.1 Å². The predicted molar refractivity (Wildman–Crippen MR) is 68.8 cm³/mol. The van der Waals surface area contributed by atoms with E-state index in [1.807, 2.05) is 19.9 Å². The minimum Gasteiger partial charge on any atom is -0.386 e. The number of aromatic nitrogens is 1. The molecule has 0 aliphatic rings. The lowest BCUT2D eigenvalue weighted by Gasteiger charge is -2.12. The van der Waals surface area contributed by atoms with Crippen molar-refractivity contribution in [3.63, 3.8) is 0 Å². The summed E-state index contributed by atoms with van der Waals surface area (Å²) in [6.07, 6.45) is 1.39. The fourth-order valence-electron chi connectivity index (χ4n) is 1.85. The van der Waals surface area contributed by atoms with Crippen LogP contribution in [0.15, 0.2) is 36.5 Å². The van der Waals surface area contributed by atoms with Crippen molar-refractivity contribution in [1.82, 2.24) is 4.98 Å². The second-order valence-electron chi connectivity index (χ2n) is 4.55. The molecule has 2 nitrogen and oxygen atoms in total. The average molecular weight is 245 g/mol. The summed E-state index contributed by atoms with van der Waals surface area (Å²) in [6.45, 7) is 3.85. The van der Waals surface area contributed by atoms with E-state index < -0.39 is 6.10 Å². The molecular weight excluding hydrogens is 229 g/mol. The number of rotatable bonds is 3. The van der Waals surface area contributed by atoms with E-state index in [0.717, 1.165) is 16.7 Å². The highest BCUT2D eigenvalue weighted by Gasteiger charge is 2.11. The maximum Gasteiger partial charge on any atom is 0.123 e. The summed E-state index contributed by atoms with van der Waals surface area (Å²) < 4.78 is 13.2. The molecule has 0 radical (unpaired) electrons. The van der Waals surface area contributed by atoms with E-state index in [-0.39, 0.29) is 5.82 Å². The van der Waals surface area contributed by atoms with E-state index in [1.165, 1.54) is 12.1 Å². The van der Waals surface area contributed by atoms with Crippen molar-refractivity contribution in [1.29, 1.82) is 0 Å². The van der Waals surface area contributed by atoms with Gasteiger partial charge < -0.3 is 5.11 Å². The summed E-state index contributed by atoms with van der Waals surface area (Å²) in [5, 5.41) is 10.1. The lowest BCUT2D eigenvalue weighted by molar-refractivity contribution is 0.173. The molecule has 1 aromatic heterocycles. The summed E-state index contributed by atoms with van der Waals surface area (Å²) in [7, 11) is 0. The van der Waals surface area contributed by atoms with E-state index in [2.05, 4.69) is 4.98 Å². The number of aliphatic hydroxyl groups excluding tert-OH is 1. The number of aryl methyl sites for hydroxylation is 2. The van der Waals surface area contributed by atoms with Crippen LogP contribution in [0.4, 0.5) is 4.39 Å². The van der Waals surface area contributed by atoms with Crippen LogP contribution < -0.4 is 0 Å². The van der Waals surface area contributed by atoms with E-state index in [9.17, 15) is 9.50 Å². The Bertz CT molecular complexity index is 537. The van der Waals surface area contributed by atoms with Crippen molar-refractivity contribution in [2.75, 3.05) is 0 Å². The Labute approximate surface area is 106 Å². The van der Waals surface area contributed by atoms with Crippen molar-refractivity contribution < 1.29 is 9.50 Å². The highest BCUT2D eigenvalue weighted by molar-refractivity contribution is 5.28. The maximum atomic E-state index is 13.2. The Kier molecular flexibility index (Phi) is 3.72. The van der Waals surface area contributed by atoms with Gasteiger partial charge in [-0.05, 0) is 48.7 Å². The molecule has 0 saturated carbocycles.